The van der Waals surface area contributed by atoms with E-state index in [1.807, 2.05) is 24.4 Å². The van der Waals surface area contributed by atoms with Gasteiger partial charge in [0.15, 0.2) is 0 Å². The molecule has 0 aliphatic rings. The van der Waals surface area contributed by atoms with Crippen molar-refractivity contribution in [3.63, 3.8) is 0 Å². The molecule has 0 fully saturated rings. The van der Waals surface area contributed by atoms with Gasteiger partial charge in [-0.1, -0.05) is 24.3 Å². The van der Waals surface area contributed by atoms with Crippen molar-refractivity contribution < 1.29 is 0 Å². The summed E-state index contributed by atoms with van der Waals surface area (Å²) in [6, 6.07) is 14.5. The number of hydrogen-bond acceptors (Lipinski definition) is 2. The lowest BCUT2D eigenvalue weighted by Crippen LogP contribution is -2.17. The van der Waals surface area contributed by atoms with Crippen LogP contribution in [0.2, 0.25) is 0 Å². The Hall–Kier alpha value is -2.13. The van der Waals surface area contributed by atoms with Gasteiger partial charge in [0, 0.05) is 29.3 Å². The Morgan fingerprint density at radius 3 is 2.80 bits per heavy atom. The second kappa shape index (κ2) is 5.88. The van der Waals surface area contributed by atoms with Crippen molar-refractivity contribution in [3.8, 4) is 0 Å². The Kier molecular flexibility index (Phi) is 3.79. The van der Waals surface area contributed by atoms with Crippen molar-refractivity contribution in [2.45, 2.75) is 19.9 Å². The third-order valence-electron chi connectivity index (χ3n) is 3.61. The molecule has 2 heterocycles. The van der Waals surface area contributed by atoms with Gasteiger partial charge in [-0.3, -0.25) is 4.98 Å². The molecular formula is C17H19N3. The zero-order chi connectivity index (χ0) is 13.8. The molecule has 2 N–H and O–H groups in total. The topological polar surface area (TPSA) is 40.7 Å². The molecule has 0 amide bonds. The molecule has 1 aromatic carbocycles. The zero-order valence-corrected chi connectivity index (χ0v) is 11.7. The van der Waals surface area contributed by atoms with Crippen LogP contribution in [0.3, 0.4) is 0 Å². The maximum Gasteiger partial charge on any atom is 0.0541 e. The molecule has 0 atom stereocenters. The molecule has 0 unspecified atom stereocenters. The van der Waals surface area contributed by atoms with E-state index in [0.29, 0.717) is 0 Å². The van der Waals surface area contributed by atoms with Crippen LogP contribution in [0.1, 0.15) is 17.0 Å². The molecule has 0 aliphatic carbocycles. The molecule has 0 saturated carbocycles. The fourth-order valence-corrected chi connectivity index (χ4v) is 2.59. The van der Waals surface area contributed by atoms with E-state index in [2.05, 4.69) is 46.5 Å². The van der Waals surface area contributed by atoms with Crippen LogP contribution < -0.4 is 5.32 Å². The lowest BCUT2D eigenvalue weighted by molar-refractivity contribution is 0.675. The normalized spacial score (nSPS) is 11.1. The largest absolute Gasteiger partial charge is 0.358 e. The highest BCUT2D eigenvalue weighted by atomic mass is 14.9. The fourth-order valence-electron chi connectivity index (χ4n) is 2.59. The maximum atomic E-state index is 4.31. The number of pyridine rings is 1. The van der Waals surface area contributed by atoms with E-state index in [4.69, 9.17) is 0 Å². The summed E-state index contributed by atoms with van der Waals surface area (Å²) in [6.07, 6.45) is 2.86. The van der Waals surface area contributed by atoms with Crippen LogP contribution in [0, 0.1) is 6.92 Å². The number of fused-ring (bicyclic) bond motifs is 1. The van der Waals surface area contributed by atoms with Gasteiger partial charge in [0.25, 0.3) is 0 Å². The van der Waals surface area contributed by atoms with Crippen LogP contribution in [-0.4, -0.2) is 16.5 Å². The number of aromatic nitrogens is 2. The number of H-pyrrole nitrogens is 1. The average molecular weight is 265 g/mol. The van der Waals surface area contributed by atoms with E-state index in [-0.39, 0.29) is 0 Å². The fraction of sp³-hybridized carbons (Fsp3) is 0.235. The van der Waals surface area contributed by atoms with Crippen LogP contribution in [-0.2, 0) is 13.0 Å². The predicted octanol–water partition coefficient (Wildman–Crippen LogP) is 3.20. The second-order valence-electron chi connectivity index (χ2n) is 5.02. The van der Waals surface area contributed by atoms with E-state index >= 15 is 0 Å². The van der Waals surface area contributed by atoms with Crippen molar-refractivity contribution in [2.24, 2.45) is 0 Å². The van der Waals surface area contributed by atoms with Crippen molar-refractivity contribution in [2.75, 3.05) is 6.54 Å². The van der Waals surface area contributed by atoms with Crippen LogP contribution in [0.4, 0.5) is 0 Å². The summed E-state index contributed by atoms with van der Waals surface area (Å²) < 4.78 is 0. The first-order valence-electron chi connectivity index (χ1n) is 7.01. The van der Waals surface area contributed by atoms with E-state index in [1.165, 1.54) is 22.2 Å². The summed E-state index contributed by atoms with van der Waals surface area (Å²) in [4.78, 5) is 7.76. The highest BCUT2D eigenvalue weighted by Gasteiger charge is 2.06. The Morgan fingerprint density at radius 1 is 1.10 bits per heavy atom. The van der Waals surface area contributed by atoms with Crippen LogP contribution >= 0.6 is 0 Å². The van der Waals surface area contributed by atoms with E-state index < -0.39 is 0 Å². The van der Waals surface area contributed by atoms with E-state index in [1.54, 1.807) is 0 Å². The molecule has 3 rings (SSSR count). The van der Waals surface area contributed by atoms with Crippen molar-refractivity contribution in [1.29, 1.82) is 0 Å². The molecule has 0 spiro atoms. The Morgan fingerprint density at radius 2 is 1.95 bits per heavy atom. The Bertz CT molecular complexity index is 686. The zero-order valence-electron chi connectivity index (χ0n) is 11.7. The first-order valence-corrected chi connectivity index (χ1v) is 7.01. The third kappa shape index (κ3) is 2.73. The summed E-state index contributed by atoms with van der Waals surface area (Å²) in [5.41, 5.74) is 4.99. The SMILES string of the molecule is Cc1[nH]c2ccccc2c1CCNCc1ccccn1. The molecule has 0 radical (unpaired) electrons. The highest BCUT2D eigenvalue weighted by Crippen LogP contribution is 2.21. The summed E-state index contributed by atoms with van der Waals surface area (Å²) >= 11 is 0. The second-order valence-corrected chi connectivity index (χ2v) is 5.02. The lowest BCUT2D eigenvalue weighted by atomic mass is 10.1. The minimum absolute atomic E-state index is 0.822. The first-order chi connectivity index (χ1) is 9.84. The van der Waals surface area contributed by atoms with Gasteiger partial charge in [-0.05, 0) is 43.7 Å². The number of hydrogen-bond donors (Lipinski definition) is 2. The molecule has 3 nitrogen and oxygen atoms in total. The molecular weight excluding hydrogens is 246 g/mol. The van der Waals surface area contributed by atoms with Crippen LogP contribution in [0.5, 0.6) is 0 Å². The number of rotatable bonds is 5. The van der Waals surface area contributed by atoms with Gasteiger partial charge in [0.05, 0.1) is 5.69 Å². The standard InChI is InChI=1S/C17H19N3/c1-13-15(16-7-2-3-8-17(16)20-13)9-11-18-12-14-6-4-5-10-19-14/h2-8,10,18,20H,9,11-12H2,1H3. The van der Waals surface area contributed by atoms with Crippen molar-refractivity contribution in [3.05, 3.63) is 65.6 Å². The molecule has 3 aromatic rings. The minimum Gasteiger partial charge on any atom is -0.358 e. The van der Waals surface area contributed by atoms with Crippen LogP contribution in [0.25, 0.3) is 10.9 Å². The quantitative estimate of drug-likeness (QED) is 0.695. The number of benzene rings is 1. The van der Waals surface area contributed by atoms with Crippen molar-refractivity contribution in [1.82, 2.24) is 15.3 Å². The smallest absolute Gasteiger partial charge is 0.0541 e. The third-order valence-corrected chi connectivity index (χ3v) is 3.61. The monoisotopic (exact) mass is 265 g/mol. The van der Waals surface area contributed by atoms with Crippen molar-refractivity contribution >= 4 is 10.9 Å². The lowest BCUT2D eigenvalue weighted by Gasteiger charge is -2.05. The van der Waals surface area contributed by atoms with Gasteiger partial charge in [-0.15, -0.1) is 0 Å². The van der Waals surface area contributed by atoms with Gasteiger partial charge in [-0.25, -0.2) is 0 Å². The number of aryl methyl sites for hydroxylation is 1. The molecule has 3 heteroatoms. The molecule has 20 heavy (non-hydrogen) atoms. The summed E-state index contributed by atoms with van der Waals surface area (Å²) in [6.45, 7) is 3.93. The Balaban J connectivity index is 1.61. The first kappa shape index (κ1) is 12.9. The van der Waals surface area contributed by atoms with Crippen LogP contribution in [0.15, 0.2) is 48.7 Å². The average Bonchev–Trinajstić information content (AvgIpc) is 2.80. The number of nitrogens with zero attached hydrogens (tertiary/aromatic N) is 1. The van der Waals surface area contributed by atoms with Gasteiger partial charge in [0.2, 0.25) is 0 Å². The Labute approximate surface area is 119 Å². The molecule has 0 saturated heterocycles. The number of aromatic amines is 1. The molecule has 0 aliphatic heterocycles. The summed E-state index contributed by atoms with van der Waals surface area (Å²) in [5, 5.41) is 4.79. The highest BCUT2D eigenvalue weighted by molar-refractivity contribution is 5.84. The van der Waals surface area contributed by atoms with E-state index in [9.17, 15) is 0 Å². The molecule has 102 valence electrons. The summed E-state index contributed by atoms with van der Waals surface area (Å²) in [5.74, 6) is 0. The number of para-hydroxylation sites is 1. The van der Waals surface area contributed by atoms with Gasteiger partial charge < -0.3 is 10.3 Å². The molecule has 0 bridgehead atoms. The van der Waals surface area contributed by atoms with Gasteiger partial charge >= 0.3 is 0 Å². The van der Waals surface area contributed by atoms with Gasteiger partial charge in [-0.2, -0.15) is 0 Å². The minimum atomic E-state index is 0.822. The van der Waals surface area contributed by atoms with E-state index in [0.717, 1.165) is 25.2 Å². The number of nitrogens with one attached hydrogen (secondary N) is 2. The molecule has 2 aromatic heterocycles. The van der Waals surface area contributed by atoms with Gasteiger partial charge in [0.1, 0.15) is 0 Å². The predicted molar refractivity (Wildman–Crippen MR) is 82.7 cm³/mol. The summed E-state index contributed by atoms with van der Waals surface area (Å²) in [7, 11) is 0. The maximum absolute atomic E-state index is 4.31.